The zero-order valence-corrected chi connectivity index (χ0v) is 16.4. The normalized spacial score (nSPS) is 16.1. The summed E-state index contributed by atoms with van der Waals surface area (Å²) >= 11 is 0. The second-order valence-electron chi connectivity index (χ2n) is 7.16. The highest BCUT2D eigenvalue weighted by atomic mass is 16.2. The second kappa shape index (κ2) is 9.14. The lowest BCUT2D eigenvalue weighted by molar-refractivity contribution is -0.121. The number of aryl methyl sites for hydroxylation is 1. The van der Waals surface area contributed by atoms with Crippen LogP contribution in [0.3, 0.4) is 0 Å². The zero-order valence-electron chi connectivity index (χ0n) is 16.4. The van der Waals surface area contributed by atoms with Gasteiger partial charge < -0.3 is 15.1 Å². The molecule has 1 fully saturated rings. The highest BCUT2D eigenvalue weighted by Gasteiger charge is 2.15. The Morgan fingerprint density at radius 1 is 1.19 bits per heavy atom. The molecule has 0 aliphatic carbocycles. The Hall–Kier alpha value is -2.19. The summed E-state index contributed by atoms with van der Waals surface area (Å²) in [6.45, 7) is 11.3. The molecule has 8 heteroatoms. The summed E-state index contributed by atoms with van der Waals surface area (Å²) in [6, 6.07) is 3.55. The van der Waals surface area contributed by atoms with E-state index in [1.807, 2.05) is 6.92 Å². The number of amides is 1. The Bertz CT molecular complexity index is 819. The minimum absolute atomic E-state index is 0.0446. The molecule has 0 radical (unpaired) electrons. The molecule has 0 aromatic carbocycles. The summed E-state index contributed by atoms with van der Waals surface area (Å²) < 4.78 is 2.98. The summed E-state index contributed by atoms with van der Waals surface area (Å²) in [4.78, 5) is 29.5. The van der Waals surface area contributed by atoms with Gasteiger partial charge in [-0.3, -0.25) is 14.0 Å². The molecule has 0 spiro atoms. The lowest BCUT2D eigenvalue weighted by Crippen LogP contribution is -2.47. The number of hydrogen-bond donors (Lipinski definition) is 1. The van der Waals surface area contributed by atoms with Crippen molar-refractivity contribution in [2.45, 2.75) is 33.2 Å². The predicted octanol–water partition coefficient (Wildman–Crippen LogP) is 0.338. The van der Waals surface area contributed by atoms with Gasteiger partial charge in [-0.1, -0.05) is 6.92 Å². The van der Waals surface area contributed by atoms with Crippen LogP contribution in [-0.4, -0.2) is 75.7 Å². The molecule has 1 amide bonds. The maximum atomic E-state index is 12.4. The van der Waals surface area contributed by atoms with Gasteiger partial charge >= 0.3 is 0 Å². The number of fused-ring (bicyclic) bond motifs is 1. The van der Waals surface area contributed by atoms with Crippen LogP contribution in [0.2, 0.25) is 0 Å². The summed E-state index contributed by atoms with van der Waals surface area (Å²) in [5.41, 5.74) is 0.295. The van der Waals surface area contributed by atoms with Gasteiger partial charge in [0.2, 0.25) is 5.91 Å². The van der Waals surface area contributed by atoms with Crippen molar-refractivity contribution in [3.8, 4) is 0 Å². The number of nitrogens with one attached hydrogen (secondary N) is 1. The van der Waals surface area contributed by atoms with Gasteiger partial charge in [-0.15, -0.1) is 0 Å². The van der Waals surface area contributed by atoms with Gasteiger partial charge in [-0.05, 0) is 45.0 Å². The largest absolute Gasteiger partial charge is 0.354 e. The third kappa shape index (κ3) is 4.95. The maximum absolute atomic E-state index is 12.4. The highest BCUT2D eigenvalue weighted by Crippen LogP contribution is 2.03. The van der Waals surface area contributed by atoms with Gasteiger partial charge in [0, 0.05) is 38.9 Å². The van der Waals surface area contributed by atoms with E-state index in [0.717, 1.165) is 39.1 Å². The molecule has 2 aromatic heterocycles. The first-order valence-electron chi connectivity index (χ1n) is 9.84. The molecule has 148 valence electrons. The van der Waals surface area contributed by atoms with E-state index in [4.69, 9.17) is 0 Å². The Labute approximate surface area is 159 Å². The smallest absolute Gasteiger partial charge is 0.291 e. The van der Waals surface area contributed by atoms with Gasteiger partial charge in [-0.2, -0.15) is 5.10 Å². The zero-order chi connectivity index (χ0) is 19.2. The van der Waals surface area contributed by atoms with Crippen LogP contribution in [-0.2, 0) is 11.3 Å². The van der Waals surface area contributed by atoms with Gasteiger partial charge in [-0.25, -0.2) is 4.68 Å². The minimum atomic E-state index is -0.245. The van der Waals surface area contributed by atoms with E-state index in [2.05, 4.69) is 27.1 Å². The molecule has 0 atom stereocenters. The quantitative estimate of drug-likeness (QED) is 0.675. The standard InChI is InChI=1S/C19H30N6O2/c1-3-8-22-11-13-23(14-12-22)9-5-7-20-18(26)15-25-19(27)17-6-4-10-24(17)16(2)21-25/h4,6,10H,3,5,7-9,11-15H2,1-2H3,(H,20,26). The van der Waals surface area contributed by atoms with Crippen molar-refractivity contribution in [1.82, 2.24) is 29.3 Å². The number of piperazine rings is 1. The first-order chi connectivity index (χ1) is 13.1. The fourth-order valence-electron chi connectivity index (χ4n) is 3.62. The SMILES string of the molecule is CCCN1CCN(CCCNC(=O)Cn2nc(C)n3cccc3c2=O)CC1. The van der Waals surface area contributed by atoms with E-state index in [0.29, 0.717) is 17.9 Å². The van der Waals surface area contributed by atoms with Gasteiger partial charge in [0.15, 0.2) is 0 Å². The van der Waals surface area contributed by atoms with Gasteiger partial charge in [0.25, 0.3) is 5.56 Å². The molecule has 0 unspecified atom stereocenters. The first-order valence-corrected chi connectivity index (χ1v) is 9.84. The number of carbonyl (C=O) groups excluding carboxylic acids is 1. The molecule has 1 aliphatic rings. The number of nitrogens with zero attached hydrogens (tertiary/aromatic N) is 5. The number of carbonyl (C=O) groups is 1. The van der Waals surface area contributed by atoms with Crippen LogP contribution in [0.4, 0.5) is 0 Å². The van der Waals surface area contributed by atoms with Crippen molar-refractivity contribution in [3.63, 3.8) is 0 Å². The molecule has 1 saturated heterocycles. The lowest BCUT2D eigenvalue weighted by Gasteiger charge is -2.34. The van der Waals surface area contributed by atoms with Crippen LogP contribution in [0, 0.1) is 6.92 Å². The third-order valence-corrected chi connectivity index (χ3v) is 5.09. The highest BCUT2D eigenvalue weighted by molar-refractivity contribution is 5.75. The summed E-state index contributed by atoms with van der Waals surface area (Å²) in [6.07, 6.45) is 3.92. The van der Waals surface area contributed by atoms with Crippen molar-refractivity contribution in [3.05, 3.63) is 34.5 Å². The van der Waals surface area contributed by atoms with Crippen molar-refractivity contribution >= 4 is 11.4 Å². The van der Waals surface area contributed by atoms with Crippen molar-refractivity contribution in [2.24, 2.45) is 0 Å². The monoisotopic (exact) mass is 374 g/mol. The van der Waals surface area contributed by atoms with Crippen molar-refractivity contribution in [2.75, 3.05) is 45.8 Å². The predicted molar refractivity (Wildman–Crippen MR) is 105 cm³/mol. The van der Waals surface area contributed by atoms with Gasteiger partial charge in [0.1, 0.15) is 17.9 Å². The van der Waals surface area contributed by atoms with E-state index >= 15 is 0 Å². The Morgan fingerprint density at radius 3 is 2.59 bits per heavy atom. The van der Waals surface area contributed by atoms with Crippen LogP contribution in [0.25, 0.3) is 5.52 Å². The Morgan fingerprint density at radius 2 is 1.89 bits per heavy atom. The van der Waals surface area contributed by atoms with E-state index in [1.165, 1.54) is 17.6 Å². The third-order valence-electron chi connectivity index (χ3n) is 5.09. The molecule has 0 bridgehead atoms. The van der Waals surface area contributed by atoms with Crippen LogP contribution in [0.15, 0.2) is 23.1 Å². The lowest BCUT2D eigenvalue weighted by atomic mass is 10.2. The summed E-state index contributed by atoms with van der Waals surface area (Å²) in [5, 5.41) is 7.14. The van der Waals surface area contributed by atoms with E-state index in [9.17, 15) is 9.59 Å². The van der Waals surface area contributed by atoms with E-state index < -0.39 is 0 Å². The molecule has 1 aliphatic heterocycles. The maximum Gasteiger partial charge on any atom is 0.291 e. The molecule has 3 heterocycles. The molecule has 0 saturated carbocycles. The Kier molecular flexibility index (Phi) is 6.63. The first kappa shape index (κ1) is 19.6. The molecule has 2 aromatic rings. The minimum Gasteiger partial charge on any atom is -0.354 e. The number of hydrogen-bond acceptors (Lipinski definition) is 5. The second-order valence-corrected chi connectivity index (χ2v) is 7.16. The average Bonchev–Trinajstić information content (AvgIpc) is 3.15. The summed E-state index contributed by atoms with van der Waals surface area (Å²) in [5.74, 6) is 0.511. The van der Waals surface area contributed by atoms with Crippen LogP contribution >= 0.6 is 0 Å². The molecule has 8 nitrogen and oxygen atoms in total. The topological polar surface area (TPSA) is 74.9 Å². The molecular formula is C19H30N6O2. The average molecular weight is 374 g/mol. The van der Waals surface area contributed by atoms with Crippen LogP contribution in [0.5, 0.6) is 0 Å². The molecule has 1 N–H and O–H groups in total. The molecule has 3 rings (SSSR count). The van der Waals surface area contributed by atoms with E-state index in [-0.39, 0.29) is 18.0 Å². The van der Waals surface area contributed by atoms with Crippen molar-refractivity contribution < 1.29 is 4.79 Å². The fourth-order valence-corrected chi connectivity index (χ4v) is 3.62. The summed E-state index contributed by atoms with van der Waals surface area (Å²) in [7, 11) is 0. The van der Waals surface area contributed by atoms with E-state index in [1.54, 1.807) is 22.7 Å². The van der Waals surface area contributed by atoms with Crippen LogP contribution < -0.4 is 10.9 Å². The Balaban J connectivity index is 1.41. The van der Waals surface area contributed by atoms with Crippen LogP contribution in [0.1, 0.15) is 25.6 Å². The fraction of sp³-hybridized carbons (Fsp3) is 0.632. The molecule has 27 heavy (non-hydrogen) atoms. The van der Waals surface area contributed by atoms with Crippen molar-refractivity contribution in [1.29, 1.82) is 0 Å². The van der Waals surface area contributed by atoms with Gasteiger partial charge in [0.05, 0.1) is 0 Å². The molecular weight excluding hydrogens is 344 g/mol. The number of rotatable bonds is 8. The number of aromatic nitrogens is 3.